The van der Waals surface area contributed by atoms with Crippen molar-refractivity contribution in [1.29, 1.82) is 0 Å². The van der Waals surface area contributed by atoms with Gasteiger partial charge in [0.2, 0.25) is 0 Å². The van der Waals surface area contributed by atoms with Crippen molar-refractivity contribution in [2.24, 2.45) is 0 Å². The standard InChI is InChI=1S/C7H10F2.C2H2/c1-3-4-6(2)7(9)5-8;1-2/h3-4H,5H2,1-2H3;1-2H/b4-3-,7-6+;. The summed E-state index contributed by atoms with van der Waals surface area (Å²) in [4.78, 5) is 0. The molecule has 0 unspecified atom stereocenters. The molecule has 0 aliphatic heterocycles. The Morgan fingerprint density at radius 1 is 1.45 bits per heavy atom. The van der Waals surface area contributed by atoms with Crippen LogP contribution >= 0.6 is 0 Å². The van der Waals surface area contributed by atoms with E-state index in [9.17, 15) is 8.78 Å². The highest BCUT2D eigenvalue weighted by molar-refractivity contribution is 5.19. The number of allylic oxidation sites excluding steroid dienone is 4. The Hall–Kier alpha value is -1.10. The zero-order valence-corrected chi connectivity index (χ0v) is 6.77. The van der Waals surface area contributed by atoms with Crippen LogP contribution in [0.15, 0.2) is 23.6 Å². The van der Waals surface area contributed by atoms with Gasteiger partial charge in [-0.15, -0.1) is 12.8 Å². The number of hydrogen-bond acceptors (Lipinski definition) is 0. The summed E-state index contributed by atoms with van der Waals surface area (Å²) in [6.45, 7) is 2.29. The molecule has 0 saturated heterocycles. The SMILES string of the molecule is C#C.C/C=C\C(C)=C(\F)CF. The Morgan fingerprint density at radius 3 is 2.18 bits per heavy atom. The molecule has 0 aromatic carbocycles. The van der Waals surface area contributed by atoms with Crippen molar-refractivity contribution in [3.05, 3.63) is 23.6 Å². The number of rotatable bonds is 2. The minimum Gasteiger partial charge on any atom is -0.243 e. The van der Waals surface area contributed by atoms with E-state index in [1.54, 1.807) is 13.0 Å². The molecule has 0 aromatic heterocycles. The molecule has 0 atom stereocenters. The Morgan fingerprint density at radius 2 is 1.91 bits per heavy atom. The lowest BCUT2D eigenvalue weighted by molar-refractivity contribution is 0.455. The normalized spacial score (nSPS) is 11.8. The van der Waals surface area contributed by atoms with Crippen LogP contribution in [0.5, 0.6) is 0 Å². The molecular weight excluding hydrogens is 146 g/mol. The number of alkyl halides is 1. The maximum atomic E-state index is 12.2. The van der Waals surface area contributed by atoms with Crippen LogP contribution in [0.2, 0.25) is 0 Å². The second-order valence-electron chi connectivity index (χ2n) is 1.72. The van der Waals surface area contributed by atoms with Crippen LogP contribution in [0.25, 0.3) is 0 Å². The molecule has 11 heavy (non-hydrogen) atoms. The van der Waals surface area contributed by atoms with E-state index in [-0.39, 0.29) is 0 Å². The van der Waals surface area contributed by atoms with Gasteiger partial charge in [0.05, 0.1) is 0 Å². The average Bonchev–Trinajstić information content (AvgIpc) is 2.07. The monoisotopic (exact) mass is 158 g/mol. The summed E-state index contributed by atoms with van der Waals surface area (Å²) in [7, 11) is 0. The van der Waals surface area contributed by atoms with Crippen molar-refractivity contribution in [1.82, 2.24) is 0 Å². The third kappa shape index (κ3) is 6.79. The molecule has 0 radical (unpaired) electrons. The zero-order chi connectivity index (χ0) is 9.28. The van der Waals surface area contributed by atoms with Crippen LogP contribution in [0.3, 0.4) is 0 Å². The van der Waals surface area contributed by atoms with E-state index < -0.39 is 12.5 Å². The third-order valence-electron chi connectivity index (χ3n) is 0.962. The Bertz CT molecular complexity index is 164. The van der Waals surface area contributed by atoms with Crippen LogP contribution in [0.1, 0.15) is 13.8 Å². The summed E-state index contributed by atoms with van der Waals surface area (Å²) in [5.41, 5.74) is 0.361. The Labute approximate surface area is 66.6 Å². The highest BCUT2D eigenvalue weighted by Crippen LogP contribution is 2.06. The van der Waals surface area contributed by atoms with E-state index >= 15 is 0 Å². The molecule has 0 heterocycles. The van der Waals surface area contributed by atoms with E-state index in [1.807, 2.05) is 0 Å². The van der Waals surface area contributed by atoms with Gasteiger partial charge in [0.25, 0.3) is 0 Å². The summed E-state index contributed by atoms with van der Waals surface area (Å²) < 4.78 is 23.7. The van der Waals surface area contributed by atoms with E-state index in [0.29, 0.717) is 5.57 Å². The molecule has 62 valence electrons. The summed E-state index contributed by atoms with van der Waals surface area (Å²) in [6, 6.07) is 0. The molecule has 0 aromatic rings. The predicted molar refractivity (Wildman–Crippen MR) is 44.5 cm³/mol. The molecule has 0 saturated carbocycles. The molecule has 0 amide bonds. The lowest BCUT2D eigenvalue weighted by Gasteiger charge is -1.90. The maximum Gasteiger partial charge on any atom is 0.141 e. The highest BCUT2D eigenvalue weighted by atomic mass is 19.2. The fraction of sp³-hybridized carbons (Fsp3) is 0.333. The van der Waals surface area contributed by atoms with Gasteiger partial charge in [0.1, 0.15) is 12.5 Å². The first-order valence-corrected chi connectivity index (χ1v) is 3.09. The molecule has 0 spiro atoms. The molecule has 0 aliphatic carbocycles. The van der Waals surface area contributed by atoms with E-state index in [1.165, 1.54) is 13.0 Å². The summed E-state index contributed by atoms with van der Waals surface area (Å²) >= 11 is 0. The van der Waals surface area contributed by atoms with Crippen molar-refractivity contribution in [2.75, 3.05) is 6.67 Å². The second kappa shape index (κ2) is 8.90. The summed E-state index contributed by atoms with van der Waals surface area (Å²) in [5.74, 6) is -0.687. The number of hydrogen-bond donors (Lipinski definition) is 0. The fourth-order valence-corrected chi connectivity index (χ4v) is 0.446. The van der Waals surface area contributed by atoms with Crippen LogP contribution in [0, 0.1) is 12.8 Å². The summed E-state index contributed by atoms with van der Waals surface area (Å²) in [6.07, 6.45) is 11.2. The van der Waals surface area contributed by atoms with Crippen molar-refractivity contribution >= 4 is 0 Å². The minimum atomic E-state index is -1.00. The molecule has 2 heteroatoms. The molecule has 0 bridgehead atoms. The Balaban J connectivity index is 0. The zero-order valence-electron chi connectivity index (χ0n) is 6.77. The molecule has 0 N–H and O–H groups in total. The summed E-state index contributed by atoms with van der Waals surface area (Å²) in [5, 5.41) is 0. The minimum absolute atomic E-state index is 0.361. The molecule has 0 nitrogen and oxygen atoms in total. The van der Waals surface area contributed by atoms with Gasteiger partial charge in [-0.2, -0.15) is 0 Å². The fourth-order valence-electron chi connectivity index (χ4n) is 0.446. The van der Waals surface area contributed by atoms with Gasteiger partial charge in [-0.3, -0.25) is 0 Å². The lowest BCUT2D eigenvalue weighted by Crippen LogP contribution is -1.79. The first-order valence-electron chi connectivity index (χ1n) is 3.09. The highest BCUT2D eigenvalue weighted by Gasteiger charge is 1.94. The lowest BCUT2D eigenvalue weighted by atomic mass is 10.2. The average molecular weight is 158 g/mol. The van der Waals surface area contributed by atoms with Crippen molar-refractivity contribution in [2.45, 2.75) is 13.8 Å². The predicted octanol–water partition coefficient (Wildman–Crippen LogP) is 3.02. The van der Waals surface area contributed by atoms with E-state index in [0.717, 1.165) is 0 Å². The molecular formula is C9H12F2. The topological polar surface area (TPSA) is 0 Å². The quantitative estimate of drug-likeness (QED) is 0.428. The maximum absolute atomic E-state index is 12.2. The van der Waals surface area contributed by atoms with Gasteiger partial charge in [-0.05, 0) is 19.4 Å². The van der Waals surface area contributed by atoms with E-state index in [2.05, 4.69) is 12.8 Å². The number of halogens is 2. The van der Waals surface area contributed by atoms with Crippen molar-refractivity contribution in [3.63, 3.8) is 0 Å². The molecule has 0 rings (SSSR count). The number of terminal acetylenes is 1. The van der Waals surface area contributed by atoms with Crippen LogP contribution < -0.4 is 0 Å². The van der Waals surface area contributed by atoms with Gasteiger partial charge in [-0.1, -0.05) is 12.2 Å². The largest absolute Gasteiger partial charge is 0.243 e. The smallest absolute Gasteiger partial charge is 0.141 e. The van der Waals surface area contributed by atoms with Crippen molar-refractivity contribution < 1.29 is 8.78 Å². The van der Waals surface area contributed by atoms with Gasteiger partial charge in [-0.25, -0.2) is 8.78 Å². The second-order valence-corrected chi connectivity index (χ2v) is 1.72. The molecule has 0 aliphatic rings. The first-order chi connectivity index (χ1) is 5.22. The first kappa shape index (κ1) is 12.6. The van der Waals surface area contributed by atoms with Crippen molar-refractivity contribution in [3.8, 4) is 12.8 Å². The van der Waals surface area contributed by atoms with E-state index in [4.69, 9.17) is 0 Å². The third-order valence-corrected chi connectivity index (χ3v) is 0.962. The van der Waals surface area contributed by atoms with Crippen LogP contribution in [0.4, 0.5) is 8.78 Å². The van der Waals surface area contributed by atoms with Gasteiger partial charge >= 0.3 is 0 Å². The van der Waals surface area contributed by atoms with Crippen LogP contribution in [-0.2, 0) is 0 Å². The van der Waals surface area contributed by atoms with Gasteiger partial charge in [0.15, 0.2) is 0 Å². The van der Waals surface area contributed by atoms with Gasteiger partial charge in [0, 0.05) is 0 Å². The van der Waals surface area contributed by atoms with Crippen LogP contribution in [-0.4, -0.2) is 6.67 Å². The van der Waals surface area contributed by atoms with Gasteiger partial charge < -0.3 is 0 Å². The Kier molecular flexibility index (Phi) is 10.2. The molecule has 0 fully saturated rings.